The van der Waals surface area contributed by atoms with Crippen molar-refractivity contribution >= 4 is 17.8 Å². The largest absolute Gasteiger partial charge is 0.544 e. The Labute approximate surface area is 174 Å². The van der Waals surface area contributed by atoms with E-state index in [0.717, 1.165) is 10.5 Å². The number of hydrogen-bond acceptors (Lipinski definition) is 5. The van der Waals surface area contributed by atoms with Gasteiger partial charge >= 0.3 is 0 Å². The molecule has 0 unspecified atom stereocenters. The molecule has 0 aromatic heterocycles. The molecule has 0 bridgehead atoms. The summed E-state index contributed by atoms with van der Waals surface area (Å²) in [7, 11) is 0. The Morgan fingerprint density at radius 3 is 2.40 bits per heavy atom. The van der Waals surface area contributed by atoms with Gasteiger partial charge in [-0.2, -0.15) is 0 Å². The first kappa shape index (κ1) is 20.1. The quantitative estimate of drug-likeness (QED) is 0.658. The molecule has 30 heavy (non-hydrogen) atoms. The van der Waals surface area contributed by atoms with Crippen LogP contribution in [0, 0.1) is 11.8 Å². The minimum atomic E-state index is -1.55. The van der Waals surface area contributed by atoms with Crippen LogP contribution < -0.4 is 10.4 Å². The first-order valence-corrected chi connectivity index (χ1v) is 10.1. The molecule has 156 valence electrons. The number of fused-ring (bicyclic) bond motifs is 1. The number of carboxylic acid groups (broad SMARTS) is 1. The normalized spacial score (nSPS) is 28.0. The lowest BCUT2D eigenvalue weighted by atomic mass is 9.77. The van der Waals surface area contributed by atoms with Crippen LogP contribution in [0.5, 0.6) is 5.75 Å². The molecule has 2 aliphatic heterocycles. The maximum absolute atomic E-state index is 13.4. The van der Waals surface area contributed by atoms with Gasteiger partial charge in [0.05, 0.1) is 12.1 Å². The van der Waals surface area contributed by atoms with Gasteiger partial charge in [0.15, 0.2) is 0 Å². The van der Waals surface area contributed by atoms with Gasteiger partial charge in [-0.25, -0.2) is 0 Å². The Morgan fingerprint density at radius 1 is 1.10 bits per heavy atom. The van der Waals surface area contributed by atoms with Crippen molar-refractivity contribution in [3.05, 3.63) is 65.7 Å². The highest BCUT2D eigenvalue weighted by Crippen LogP contribution is 2.47. The van der Waals surface area contributed by atoms with Crippen LogP contribution in [0.25, 0.3) is 0 Å². The van der Waals surface area contributed by atoms with E-state index in [2.05, 4.69) is 0 Å². The second kappa shape index (κ2) is 7.57. The molecule has 0 spiro atoms. The van der Waals surface area contributed by atoms with Crippen molar-refractivity contribution < 1.29 is 29.9 Å². The number of carbonyl (C=O) groups excluding carboxylic acids is 3. The van der Waals surface area contributed by atoms with Crippen LogP contribution in [0.4, 0.5) is 0 Å². The topological polar surface area (TPSA) is 114 Å². The number of para-hydroxylation sites is 1. The predicted molar refractivity (Wildman–Crippen MR) is 104 cm³/mol. The van der Waals surface area contributed by atoms with E-state index in [1.807, 2.05) is 37.3 Å². The molecule has 4 rings (SSSR count). The molecule has 2 aliphatic rings. The van der Waals surface area contributed by atoms with Gasteiger partial charge in [0.2, 0.25) is 11.8 Å². The molecule has 0 aliphatic carbocycles. The third-order valence-electron chi connectivity index (χ3n) is 6.38. The van der Waals surface area contributed by atoms with Crippen LogP contribution in [0.3, 0.4) is 0 Å². The van der Waals surface area contributed by atoms with Crippen LogP contribution in [-0.4, -0.2) is 33.3 Å². The average Bonchev–Trinajstić information content (AvgIpc) is 3.20. The maximum atomic E-state index is 13.4. The third-order valence-corrected chi connectivity index (χ3v) is 6.38. The highest BCUT2D eigenvalue weighted by atomic mass is 16.4. The number of nitrogens with two attached hydrogens (primary N) is 1. The summed E-state index contributed by atoms with van der Waals surface area (Å²) in [6, 6.07) is 15.0. The number of rotatable bonds is 6. The minimum absolute atomic E-state index is 0.0232. The molecular weight excluding hydrogens is 384 g/mol. The number of benzene rings is 2. The number of carboxylic acids is 1. The minimum Gasteiger partial charge on any atom is -0.544 e. The van der Waals surface area contributed by atoms with E-state index in [9.17, 15) is 24.6 Å². The molecule has 2 aromatic rings. The first-order valence-electron chi connectivity index (χ1n) is 10.1. The number of amides is 2. The first-order chi connectivity index (χ1) is 14.4. The van der Waals surface area contributed by atoms with Crippen LogP contribution in [0.15, 0.2) is 54.6 Å². The lowest BCUT2D eigenvalue weighted by Crippen LogP contribution is -2.99. The van der Waals surface area contributed by atoms with Crippen molar-refractivity contribution in [3.8, 4) is 5.75 Å². The number of carbonyl (C=O) groups is 3. The monoisotopic (exact) mass is 408 g/mol. The summed E-state index contributed by atoms with van der Waals surface area (Å²) in [5.41, 5.74) is -0.309. The lowest BCUT2D eigenvalue weighted by Gasteiger charge is -2.32. The molecular formula is C23H24N2O5. The highest BCUT2D eigenvalue weighted by molar-refractivity contribution is 6.08. The number of aliphatic carboxylic acids is 1. The number of phenols is 1. The van der Waals surface area contributed by atoms with Crippen LogP contribution in [0.2, 0.25) is 0 Å². The van der Waals surface area contributed by atoms with E-state index in [-0.39, 0.29) is 18.7 Å². The molecule has 2 fully saturated rings. The number of phenolic OH excluding ortho intramolecular Hbond substituents is 1. The summed E-state index contributed by atoms with van der Waals surface area (Å²) in [4.78, 5) is 40.3. The van der Waals surface area contributed by atoms with E-state index >= 15 is 0 Å². The van der Waals surface area contributed by atoms with Crippen molar-refractivity contribution in [2.24, 2.45) is 11.8 Å². The SMILES string of the molecule is CCC[C@]1(C(=O)[O-])[NH2+][C@@H](c2ccccc2O)[C@H]2C(=O)N(Cc3ccccc3)C(=O)[C@@H]21. The molecule has 2 amide bonds. The predicted octanol–water partition coefficient (Wildman–Crippen LogP) is 0.101. The molecule has 2 aromatic carbocycles. The summed E-state index contributed by atoms with van der Waals surface area (Å²) in [5, 5.41) is 24.3. The summed E-state index contributed by atoms with van der Waals surface area (Å²) >= 11 is 0. The van der Waals surface area contributed by atoms with E-state index in [4.69, 9.17) is 0 Å². The third kappa shape index (κ3) is 2.97. The summed E-state index contributed by atoms with van der Waals surface area (Å²) < 4.78 is 0. The van der Waals surface area contributed by atoms with Crippen LogP contribution in [0.1, 0.15) is 36.9 Å². The fourth-order valence-corrected chi connectivity index (χ4v) is 5.11. The van der Waals surface area contributed by atoms with E-state index in [1.54, 1.807) is 23.5 Å². The van der Waals surface area contributed by atoms with Gasteiger partial charge in [-0.3, -0.25) is 14.5 Å². The van der Waals surface area contributed by atoms with Gasteiger partial charge in [0.25, 0.3) is 0 Å². The van der Waals surface area contributed by atoms with Crippen LogP contribution >= 0.6 is 0 Å². The Morgan fingerprint density at radius 2 is 1.77 bits per heavy atom. The molecule has 7 nitrogen and oxygen atoms in total. The number of nitrogens with zero attached hydrogens (tertiary/aromatic N) is 1. The van der Waals surface area contributed by atoms with Gasteiger partial charge in [-0.1, -0.05) is 49.4 Å². The zero-order chi connectivity index (χ0) is 21.5. The van der Waals surface area contributed by atoms with Gasteiger partial charge < -0.3 is 20.3 Å². The second-order valence-corrected chi connectivity index (χ2v) is 8.08. The van der Waals surface area contributed by atoms with Crippen molar-refractivity contribution in [3.63, 3.8) is 0 Å². The van der Waals surface area contributed by atoms with Gasteiger partial charge in [0, 0.05) is 6.42 Å². The van der Waals surface area contributed by atoms with E-state index in [1.165, 1.54) is 6.07 Å². The molecule has 2 saturated heterocycles. The van der Waals surface area contributed by atoms with Gasteiger partial charge in [0.1, 0.15) is 35.1 Å². The Bertz CT molecular complexity index is 992. The maximum Gasteiger partial charge on any atom is 0.240 e. The molecule has 0 saturated carbocycles. The van der Waals surface area contributed by atoms with Crippen molar-refractivity contribution in [1.29, 1.82) is 0 Å². The molecule has 7 heteroatoms. The number of hydrogen-bond donors (Lipinski definition) is 2. The molecule has 2 heterocycles. The zero-order valence-electron chi connectivity index (χ0n) is 16.7. The summed E-state index contributed by atoms with van der Waals surface area (Å²) in [6.07, 6.45) is 0.708. The fraction of sp³-hybridized carbons (Fsp3) is 0.348. The second-order valence-electron chi connectivity index (χ2n) is 8.08. The Balaban J connectivity index is 1.80. The summed E-state index contributed by atoms with van der Waals surface area (Å²) in [5.74, 6) is -4.18. The highest BCUT2D eigenvalue weighted by Gasteiger charge is 2.69. The smallest absolute Gasteiger partial charge is 0.240 e. The summed E-state index contributed by atoms with van der Waals surface area (Å²) in [6.45, 7) is 1.93. The zero-order valence-corrected chi connectivity index (χ0v) is 16.7. The number of aromatic hydroxyl groups is 1. The number of quaternary nitrogens is 1. The molecule has 4 atom stereocenters. The Kier molecular flexibility index (Phi) is 5.07. The van der Waals surface area contributed by atoms with Crippen molar-refractivity contribution in [2.45, 2.75) is 37.9 Å². The van der Waals surface area contributed by atoms with E-state index in [0.29, 0.717) is 12.0 Å². The molecule has 3 N–H and O–H groups in total. The standard InChI is InChI=1S/C23H24N2O5/c1-2-12-23(22(29)30)18-17(19(24-23)15-10-6-7-11-16(15)26)20(27)25(21(18)28)13-14-8-4-3-5-9-14/h3-11,17-19,24,26H,2,12-13H2,1H3,(H,29,30)/t17-,18+,19-,23-/m0/s1. The van der Waals surface area contributed by atoms with Crippen LogP contribution in [-0.2, 0) is 20.9 Å². The van der Waals surface area contributed by atoms with Gasteiger partial charge in [-0.05, 0) is 24.1 Å². The number of imide groups is 1. The van der Waals surface area contributed by atoms with E-state index < -0.39 is 41.2 Å². The average molecular weight is 408 g/mol. The van der Waals surface area contributed by atoms with Gasteiger partial charge in [-0.15, -0.1) is 0 Å². The number of likely N-dealkylation sites (tertiary alicyclic amines) is 1. The fourth-order valence-electron chi connectivity index (χ4n) is 5.11. The van der Waals surface area contributed by atoms with Crippen molar-refractivity contribution in [1.82, 2.24) is 4.90 Å². The Hall–Kier alpha value is -3.19. The lowest BCUT2D eigenvalue weighted by molar-refractivity contribution is -0.739. The van der Waals surface area contributed by atoms with Crippen molar-refractivity contribution in [2.75, 3.05) is 0 Å². The molecule has 0 radical (unpaired) electrons.